The van der Waals surface area contributed by atoms with Crippen LogP contribution in [0.4, 0.5) is 0 Å². The molecule has 1 nitrogen and oxygen atoms in total. The topological polar surface area (TPSA) is 17.1 Å². The van der Waals surface area contributed by atoms with E-state index in [1.165, 1.54) is 38.5 Å². The maximum absolute atomic E-state index is 11.8. The predicted octanol–water partition coefficient (Wildman–Crippen LogP) is 2.79. The van der Waals surface area contributed by atoms with Crippen LogP contribution in [0.5, 0.6) is 0 Å². The quantitative estimate of drug-likeness (QED) is 0.649. The normalized spacial score (nSPS) is 42.6. The average molecular weight is 178 g/mol. The number of hydrogen-bond acceptors (Lipinski definition) is 1. The number of Topliss-reactive ketones (excluding diaryl/α,β-unsaturated/α-hetero) is 1. The first-order valence-corrected chi connectivity index (χ1v) is 5.89. The van der Waals surface area contributed by atoms with Gasteiger partial charge >= 0.3 is 0 Å². The fraction of sp³-hybridized carbons (Fsp3) is 0.917. The van der Waals surface area contributed by atoms with E-state index in [1.54, 1.807) is 0 Å². The van der Waals surface area contributed by atoms with Crippen LogP contribution in [-0.4, -0.2) is 5.78 Å². The van der Waals surface area contributed by atoms with E-state index in [1.807, 2.05) is 0 Å². The molecular formula is C12H18O. The highest BCUT2D eigenvalue weighted by molar-refractivity contribution is 5.84. The van der Waals surface area contributed by atoms with E-state index in [-0.39, 0.29) is 0 Å². The second kappa shape index (κ2) is 2.83. The van der Waals surface area contributed by atoms with Gasteiger partial charge in [-0.05, 0) is 43.4 Å². The van der Waals surface area contributed by atoms with Crippen molar-refractivity contribution in [1.82, 2.24) is 0 Å². The number of carbonyl (C=O) groups is 1. The highest BCUT2D eigenvalue weighted by Gasteiger charge is 2.54. The van der Waals surface area contributed by atoms with Crippen LogP contribution in [0.25, 0.3) is 0 Å². The zero-order valence-electron chi connectivity index (χ0n) is 8.17. The van der Waals surface area contributed by atoms with Crippen LogP contribution in [0.2, 0.25) is 0 Å². The highest BCUT2D eigenvalue weighted by Crippen LogP contribution is 2.56. The van der Waals surface area contributed by atoms with E-state index < -0.39 is 0 Å². The number of ketones is 1. The Morgan fingerprint density at radius 2 is 1.62 bits per heavy atom. The van der Waals surface area contributed by atoms with Gasteiger partial charge in [-0.1, -0.05) is 12.8 Å². The van der Waals surface area contributed by atoms with Gasteiger partial charge in [-0.25, -0.2) is 0 Å². The van der Waals surface area contributed by atoms with Gasteiger partial charge in [0.25, 0.3) is 0 Å². The van der Waals surface area contributed by atoms with Crippen molar-refractivity contribution in [3.8, 4) is 0 Å². The maximum atomic E-state index is 11.8. The van der Waals surface area contributed by atoms with Crippen LogP contribution in [0.3, 0.4) is 0 Å². The lowest BCUT2D eigenvalue weighted by atomic mass is 10.0. The smallest absolute Gasteiger partial charge is 0.136 e. The Balaban J connectivity index is 1.57. The number of fused-ring (bicyclic) bond motifs is 1. The molecule has 2 unspecified atom stereocenters. The van der Waals surface area contributed by atoms with Crippen LogP contribution in [0.1, 0.15) is 44.9 Å². The van der Waals surface area contributed by atoms with Gasteiger partial charge in [-0.15, -0.1) is 0 Å². The first-order valence-electron chi connectivity index (χ1n) is 5.89. The summed E-state index contributed by atoms with van der Waals surface area (Å²) in [5.41, 5.74) is 0. The molecule has 3 aliphatic carbocycles. The molecule has 0 aliphatic heterocycles. The van der Waals surface area contributed by atoms with Crippen LogP contribution in [0.15, 0.2) is 0 Å². The molecule has 72 valence electrons. The van der Waals surface area contributed by atoms with Crippen molar-refractivity contribution in [1.29, 1.82) is 0 Å². The first-order chi connectivity index (χ1) is 6.36. The van der Waals surface area contributed by atoms with Crippen LogP contribution in [-0.2, 0) is 4.79 Å². The molecule has 0 aromatic carbocycles. The minimum absolute atomic E-state index is 0.531. The monoisotopic (exact) mass is 178 g/mol. The molecule has 0 heterocycles. The summed E-state index contributed by atoms with van der Waals surface area (Å²) in [6.07, 6.45) is 9.06. The van der Waals surface area contributed by atoms with E-state index in [0.717, 1.165) is 24.2 Å². The van der Waals surface area contributed by atoms with Gasteiger partial charge in [0.1, 0.15) is 5.78 Å². The molecule has 0 N–H and O–H groups in total. The van der Waals surface area contributed by atoms with Crippen molar-refractivity contribution in [2.75, 3.05) is 0 Å². The van der Waals surface area contributed by atoms with Crippen molar-refractivity contribution in [3.05, 3.63) is 0 Å². The van der Waals surface area contributed by atoms with Crippen LogP contribution in [0, 0.1) is 23.7 Å². The minimum atomic E-state index is 0.531. The summed E-state index contributed by atoms with van der Waals surface area (Å²) in [7, 11) is 0. The maximum Gasteiger partial charge on any atom is 0.136 e. The summed E-state index contributed by atoms with van der Waals surface area (Å²) >= 11 is 0. The predicted molar refractivity (Wildman–Crippen MR) is 51.3 cm³/mol. The Morgan fingerprint density at radius 1 is 1.00 bits per heavy atom. The van der Waals surface area contributed by atoms with Crippen molar-refractivity contribution < 1.29 is 4.79 Å². The zero-order chi connectivity index (χ0) is 8.84. The Morgan fingerprint density at radius 3 is 2.15 bits per heavy atom. The van der Waals surface area contributed by atoms with Gasteiger partial charge in [0.05, 0.1) is 0 Å². The number of carbonyl (C=O) groups excluding carboxylic acids is 1. The Hall–Kier alpha value is -0.330. The second-order valence-corrected chi connectivity index (χ2v) is 5.25. The largest absolute Gasteiger partial charge is 0.299 e. The Bertz CT molecular complexity index is 217. The molecule has 0 amide bonds. The molecule has 0 radical (unpaired) electrons. The SMILES string of the molecule is O=C(CC1CC1)C1C2CCCCC21. The molecule has 3 rings (SSSR count). The molecule has 3 fully saturated rings. The van der Waals surface area contributed by atoms with Gasteiger partial charge in [-0.2, -0.15) is 0 Å². The minimum Gasteiger partial charge on any atom is -0.299 e. The standard InChI is InChI=1S/C12H18O/c13-11(7-8-5-6-8)12-9-3-1-2-4-10(9)12/h8-10,12H,1-7H2. The van der Waals surface area contributed by atoms with Gasteiger partial charge < -0.3 is 0 Å². The fourth-order valence-electron chi connectivity index (χ4n) is 3.21. The zero-order valence-corrected chi connectivity index (χ0v) is 8.17. The van der Waals surface area contributed by atoms with E-state index in [2.05, 4.69) is 0 Å². The summed E-state index contributed by atoms with van der Waals surface area (Å²) in [4.78, 5) is 11.8. The fourth-order valence-corrected chi connectivity index (χ4v) is 3.21. The molecule has 0 saturated heterocycles. The average Bonchev–Trinajstić information content (AvgIpc) is 2.96. The lowest BCUT2D eigenvalue weighted by Gasteiger charge is -2.04. The lowest BCUT2D eigenvalue weighted by molar-refractivity contribution is -0.121. The lowest BCUT2D eigenvalue weighted by Crippen LogP contribution is -2.03. The van der Waals surface area contributed by atoms with Crippen molar-refractivity contribution in [2.24, 2.45) is 23.7 Å². The molecule has 0 spiro atoms. The van der Waals surface area contributed by atoms with E-state index in [9.17, 15) is 4.79 Å². The highest BCUT2D eigenvalue weighted by atomic mass is 16.1. The van der Waals surface area contributed by atoms with Gasteiger partial charge in [0.2, 0.25) is 0 Å². The Labute approximate surface area is 79.9 Å². The number of hydrogen-bond donors (Lipinski definition) is 0. The van der Waals surface area contributed by atoms with E-state index >= 15 is 0 Å². The van der Waals surface area contributed by atoms with Crippen molar-refractivity contribution in [3.63, 3.8) is 0 Å². The second-order valence-electron chi connectivity index (χ2n) is 5.25. The summed E-state index contributed by atoms with van der Waals surface area (Å²) in [6.45, 7) is 0. The summed E-state index contributed by atoms with van der Waals surface area (Å²) in [5, 5.41) is 0. The van der Waals surface area contributed by atoms with Gasteiger partial charge in [0, 0.05) is 12.3 Å². The molecule has 2 atom stereocenters. The summed E-state index contributed by atoms with van der Waals surface area (Å²) < 4.78 is 0. The molecule has 0 aromatic heterocycles. The van der Waals surface area contributed by atoms with Crippen LogP contribution < -0.4 is 0 Å². The number of rotatable bonds is 3. The molecule has 13 heavy (non-hydrogen) atoms. The summed E-state index contributed by atoms with van der Waals surface area (Å²) in [5.74, 6) is 3.62. The van der Waals surface area contributed by atoms with Gasteiger partial charge in [-0.3, -0.25) is 4.79 Å². The molecule has 0 bridgehead atoms. The summed E-state index contributed by atoms with van der Waals surface area (Å²) in [6, 6.07) is 0. The molecule has 3 aliphatic rings. The molecule has 1 heteroatoms. The third-order valence-electron chi connectivity index (χ3n) is 4.22. The third kappa shape index (κ3) is 1.43. The van der Waals surface area contributed by atoms with Crippen LogP contribution >= 0.6 is 0 Å². The Kier molecular flexibility index (Phi) is 1.75. The van der Waals surface area contributed by atoms with Crippen molar-refractivity contribution >= 4 is 5.78 Å². The van der Waals surface area contributed by atoms with Crippen molar-refractivity contribution in [2.45, 2.75) is 44.9 Å². The van der Waals surface area contributed by atoms with E-state index in [0.29, 0.717) is 11.7 Å². The van der Waals surface area contributed by atoms with E-state index in [4.69, 9.17) is 0 Å². The molecular weight excluding hydrogens is 160 g/mol. The molecule has 0 aromatic rings. The third-order valence-corrected chi connectivity index (χ3v) is 4.22. The van der Waals surface area contributed by atoms with Gasteiger partial charge in [0.15, 0.2) is 0 Å². The molecule has 3 saturated carbocycles. The first kappa shape index (κ1) is 8.02.